The van der Waals surface area contributed by atoms with Gasteiger partial charge >= 0.3 is 6.03 Å². The van der Waals surface area contributed by atoms with Gasteiger partial charge in [-0.25, -0.2) is 4.79 Å². The molecule has 0 aliphatic rings. The second kappa shape index (κ2) is 6.86. The van der Waals surface area contributed by atoms with Crippen LogP contribution in [0.2, 0.25) is 10.0 Å². The zero-order valence-electron chi connectivity index (χ0n) is 10.8. The number of anilines is 1. The van der Waals surface area contributed by atoms with Crippen LogP contribution in [-0.2, 0) is 0 Å². The highest BCUT2D eigenvalue weighted by molar-refractivity contribution is 6.42. The maximum atomic E-state index is 11.7. The lowest BCUT2D eigenvalue weighted by molar-refractivity contribution is 0.247. The Hall–Kier alpha value is -0.930. The lowest BCUT2D eigenvalue weighted by Gasteiger charge is -2.16. The summed E-state index contributed by atoms with van der Waals surface area (Å²) in [5.41, 5.74) is 0.624. The molecule has 1 aromatic carbocycles. The SMILES string of the molecule is CC(C)C[C@@H](C)NC(=O)Nc1ccc(Cl)c(Cl)c1. The zero-order valence-corrected chi connectivity index (χ0v) is 12.3. The van der Waals surface area contributed by atoms with Gasteiger partial charge in [0.2, 0.25) is 0 Å². The summed E-state index contributed by atoms with van der Waals surface area (Å²) >= 11 is 11.7. The number of carbonyl (C=O) groups excluding carboxylic acids is 1. The van der Waals surface area contributed by atoms with Gasteiger partial charge in [-0.15, -0.1) is 0 Å². The molecule has 1 atom stereocenters. The summed E-state index contributed by atoms with van der Waals surface area (Å²) in [6.45, 7) is 6.22. The number of carbonyl (C=O) groups is 1. The van der Waals surface area contributed by atoms with Gasteiger partial charge in [-0.1, -0.05) is 37.0 Å². The largest absolute Gasteiger partial charge is 0.335 e. The van der Waals surface area contributed by atoms with E-state index in [1.807, 2.05) is 6.92 Å². The highest BCUT2D eigenvalue weighted by Crippen LogP contribution is 2.24. The van der Waals surface area contributed by atoms with Gasteiger partial charge in [-0.2, -0.15) is 0 Å². The van der Waals surface area contributed by atoms with Gasteiger partial charge in [-0.05, 0) is 37.5 Å². The van der Waals surface area contributed by atoms with Crippen molar-refractivity contribution < 1.29 is 4.79 Å². The molecule has 0 saturated carbocycles. The first-order valence-electron chi connectivity index (χ1n) is 5.91. The number of halogens is 2. The van der Waals surface area contributed by atoms with E-state index in [1.165, 1.54) is 0 Å². The molecule has 0 fully saturated rings. The Kier molecular flexibility index (Phi) is 5.76. The van der Waals surface area contributed by atoms with Gasteiger partial charge in [0.1, 0.15) is 0 Å². The zero-order chi connectivity index (χ0) is 13.7. The van der Waals surface area contributed by atoms with Crippen molar-refractivity contribution >= 4 is 34.9 Å². The fraction of sp³-hybridized carbons (Fsp3) is 0.462. The number of benzene rings is 1. The van der Waals surface area contributed by atoms with Crippen molar-refractivity contribution in [2.24, 2.45) is 5.92 Å². The summed E-state index contributed by atoms with van der Waals surface area (Å²) in [4.78, 5) is 11.7. The molecular weight excluding hydrogens is 271 g/mol. The van der Waals surface area contributed by atoms with Crippen LogP contribution in [0.4, 0.5) is 10.5 Å². The summed E-state index contributed by atoms with van der Waals surface area (Å²) in [7, 11) is 0. The fourth-order valence-electron chi connectivity index (χ4n) is 1.73. The molecule has 100 valence electrons. The first-order valence-corrected chi connectivity index (χ1v) is 6.66. The minimum Gasteiger partial charge on any atom is -0.335 e. The van der Waals surface area contributed by atoms with Gasteiger partial charge in [0.15, 0.2) is 0 Å². The van der Waals surface area contributed by atoms with Crippen LogP contribution in [0.25, 0.3) is 0 Å². The van der Waals surface area contributed by atoms with Crippen LogP contribution in [0.3, 0.4) is 0 Å². The third-order valence-electron chi connectivity index (χ3n) is 2.38. The predicted molar refractivity (Wildman–Crippen MR) is 77.5 cm³/mol. The van der Waals surface area contributed by atoms with E-state index >= 15 is 0 Å². The van der Waals surface area contributed by atoms with E-state index in [0.29, 0.717) is 21.7 Å². The Balaban J connectivity index is 2.51. The van der Waals surface area contributed by atoms with Crippen LogP contribution in [0.5, 0.6) is 0 Å². The molecule has 3 nitrogen and oxygen atoms in total. The number of amides is 2. The first kappa shape index (κ1) is 15.1. The Morgan fingerprint density at radius 2 is 1.89 bits per heavy atom. The van der Waals surface area contributed by atoms with Crippen LogP contribution in [0.15, 0.2) is 18.2 Å². The Bertz CT molecular complexity index is 421. The minimum absolute atomic E-state index is 0.132. The molecule has 18 heavy (non-hydrogen) atoms. The van der Waals surface area contributed by atoms with E-state index < -0.39 is 0 Å². The fourth-order valence-corrected chi connectivity index (χ4v) is 2.03. The van der Waals surface area contributed by atoms with E-state index in [9.17, 15) is 4.79 Å². The minimum atomic E-state index is -0.235. The van der Waals surface area contributed by atoms with Crippen molar-refractivity contribution in [3.05, 3.63) is 28.2 Å². The van der Waals surface area contributed by atoms with Crippen LogP contribution in [0, 0.1) is 5.92 Å². The average molecular weight is 289 g/mol. The van der Waals surface area contributed by atoms with Crippen molar-refractivity contribution in [3.8, 4) is 0 Å². The smallest absolute Gasteiger partial charge is 0.319 e. The maximum Gasteiger partial charge on any atom is 0.319 e. The summed E-state index contributed by atoms with van der Waals surface area (Å²) in [6.07, 6.45) is 0.939. The van der Waals surface area contributed by atoms with Gasteiger partial charge in [0, 0.05) is 11.7 Å². The molecule has 1 rings (SSSR count). The lowest BCUT2D eigenvalue weighted by Crippen LogP contribution is -2.36. The number of urea groups is 1. The first-order chi connectivity index (χ1) is 8.38. The highest BCUT2D eigenvalue weighted by atomic mass is 35.5. The third-order valence-corrected chi connectivity index (χ3v) is 3.12. The van der Waals surface area contributed by atoms with E-state index in [1.54, 1.807) is 18.2 Å². The summed E-state index contributed by atoms with van der Waals surface area (Å²) in [5, 5.41) is 6.48. The summed E-state index contributed by atoms with van der Waals surface area (Å²) in [5.74, 6) is 0.547. The van der Waals surface area contributed by atoms with Gasteiger partial charge in [0.05, 0.1) is 10.0 Å². The number of nitrogens with one attached hydrogen (secondary N) is 2. The van der Waals surface area contributed by atoms with E-state index in [0.717, 1.165) is 6.42 Å². The second-order valence-electron chi connectivity index (χ2n) is 4.76. The molecule has 0 radical (unpaired) electrons. The normalized spacial score (nSPS) is 12.3. The molecule has 2 N–H and O–H groups in total. The quantitative estimate of drug-likeness (QED) is 0.838. The Morgan fingerprint density at radius 3 is 2.44 bits per heavy atom. The molecule has 0 bridgehead atoms. The lowest BCUT2D eigenvalue weighted by atomic mass is 10.1. The molecule has 0 spiro atoms. The molecule has 2 amide bonds. The van der Waals surface area contributed by atoms with Gasteiger partial charge in [-0.3, -0.25) is 0 Å². The van der Waals surface area contributed by atoms with Crippen molar-refractivity contribution in [3.63, 3.8) is 0 Å². The van der Waals surface area contributed by atoms with E-state index in [4.69, 9.17) is 23.2 Å². The molecular formula is C13H18Cl2N2O. The topological polar surface area (TPSA) is 41.1 Å². The predicted octanol–water partition coefficient (Wildman–Crippen LogP) is 4.55. The van der Waals surface area contributed by atoms with Crippen LogP contribution in [0.1, 0.15) is 27.2 Å². The van der Waals surface area contributed by atoms with E-state index in [2.05, 4.69) is 24.5 Å². The molecule has 0 saturated heterocycles. The maximum absolute atomic E-state index is 11.7. The number of rotatable bonds is 4. The van der Waals surface area contributed by atoms with Crippen molar-refractivity contribution in [2.75, 3.05) is 5.32 Å². The molecule has 0 aromatic heterocycles. The van der Waals surface area contributed by atoms with Crippen LogP contribution < -0.4 is 10.6 Å². The molecule has 0 unspecified atom stereocenters. The number of hydrogen-bond acceptors (Lipinski definition) is 1. The van der Waals surface area contributed by atoms with Crippen LogP contribution in [-0.4, -0.2) is 12.1 Å². The molecule has 0 heterocycles. The van der Waals surface area contributed by atoms with Crippen molar-refractivity contribution in [1.29, 1.82) is 0 Å². The average Bonchev–Trinajstić information content (AvgIpc) is 2.21. The Morgan fingerprint density at radius 1 is 1.22 bits per heavy atom. The highest BCUT2D eigenvalue weighted by Gasteiger charge is 2.09. The second-order valence-corrected chi connectivity index (χ2v) is 5.57. The van der Waals surface area contributed by atoms with Crippen molar-refractivity contribution in [2.45, 2.75) is 33.2 Å². The monoisotopic (exact) mass is 288 g/mol. The Labute approximate surface area is 118 Å². The molecule has 1 aromatic rings. The number of hydrogen-bond donors (Lipinski definition) is 2. The third kappa shape index (κ3) is 5.15. The van der Waals surface area contributed by atoms with Gasteiger partial charge in [0.25, 0.3) is 0 Å². The van der Waals surface area contributed by atoms with Crippen LogP contribution >= 0.6 is 23.2 Å². The molecule has 0 aliphatic carbocycles. The molecule has 0 aliphatic heterocycles. The van der Waals surface area contributed by atoms with Crippen molar-refractivity contribution in [1.82, 2.24) is 5.32 Å². The van der Waals surface area contributed by atoms with Gasteiger partial charge < -0.3 is 10.6 Å². The molecule has 5 heteroatoms. The van der Waals surface area contributed by atoms with E-state index in [-0.39, 0.29) is 12.1 Å². The summed E-state index contributed by atoms with van der Waals surface area (Å²) < 4.78 is 0. The summed E-state index contributed by atoms with van der Waals surface area (Å²) in [6, 6.07) is 4.88. The standard InChI is InChI=1S/C13H18Cl2N2O/c1-8(2)6-9(3)16-13(18)17-10-4-5-11(14)12(15)7-10/h4-5,7-9H,6H2,1-3H3,(H2,16,17,18)/t9-/m1/s1.